The van der Waals surface area contributed by atoms with Crippen LogP contribution in [-0.2, 0) is 9.47 Å². The Morgan fingerprint density at radius 2 is 1.72 bits per heavy atom. The molecule has 3 aliphatic rings. The van der Waals surface area contributed by atoms with Gasteiger partial charge in [0.2, 0.25) is 0 Å². The van der Waals surface area contributed by atoms with Crippen molar-refractivity contribution in [3.63, 3.8) is 0 Å². The van der Waals surface area contributed by atoms with Gasteiger partial charge in [-0.05, 0) is 66.0 Å². The summed E-state index contributed by atoms with van der Waals surface area (Å²) < 4.78 is 86.0. The normalized spacial score (nSPS) is 20.1. The Bertz CT molecular complexity index is 2160. The van der Waals surface area contributed by atoms with Gasteiger partial charge >= 0.3 is 6.01 Å². The fraction of sp³-hybridized carbons (Fsp3) is 0.558. The molecule has 14 heteroatoms. The van der Waals surface area contributed by atoms with Crippen molar-refractivity contribution < 1.29 is 36.5 Å². The van der Waals surface area contributed by atoms with Crippen LogP contribution < -0.4 is 14.4 Å². The fourth-order valence-electron chi connectivity index (χ4n) is 9.68. The summed E-state index contributed by atoms with van der Waals surface area (Å²) in [6.45, 7) is 15.3. The highest BCUT2D eigenvalue weighted by Gasteiger charge is 2.57. The molecular formula is C43H53F4N5O4Si. The zero-order chi connectivity index (χ0) is 40.7. The number of rotatable bonds is 11. The highest BCUT2D eigenvalue weighted by Crippen LogP contribution is 2.47. The number of ether oxygens (including phenoxy) is 4. The lowest BCUT2D eigenvalue weighted by Gasteiger charge is -2.38. The summed E-state index contributed by atoms with van der Waals surface area (Å²) in [6.07, 6.45) is 3.26. The Morgan fingerprint density at radius 3 is 2.46 bits per heavy atom. The van der Waals surface area contributed by atoms with Crippen LogP contribution in [0.15, 0.2) is 30.5 Å². The van der Waals surface area contributed by atoms with Crippen molar-refractivity contribution in [1.29, 1.82) is 0 Å². The lowest BCUT2D eigenvalue weighted by molar-refractivity contribution is 0.00803. The van der Waals surface area contributed by atoms with Gasteiger partial charge < -0.3 is 23.8 Å². The van der Waals surface area contributed by atoms with Crippen LogP contribution in [-0.4, -0.2) is 99.3 Å². The number of pyridine rings is 1. The molecule has 57 heavy (non-hydrogen) atoms. The van der Waals surface area contributed by atoms with Crippen molar-refractivity contribution in [1.82, 2.24) is 19.9 Å². The molecule has 2 aromatic heterocycles. The van der Waals surface area contributed by atoms with Crippen LogP contribution in [0.25, 0.3) is 32.9 Å². The van der Waals surface area contributed by atoms with Crippen molar-refractivity contribution in [2.75, 3.05) is 64.8 Å². The van der Waals surface area contributed by atoms with E-state index < -0.39 is 31.2 Å². The van der Waals surface area contributed by atoms with Gasteiger partial charge in [0, 0.05) is 50.4 Å². The Hall–Kier alpha value is -4.03. The van der Waals surface area contributed by atoms with E-state index in [9.17, 15) is 8.78 Å². The van der Waals surface area contributed by atoms with Crippen LogP contribution >= 0.6 is 0 Å². The third-order valence-electron chi connectivity index (χ3n) is 12.3. The molecule has 306 valence electrons. The average Bonchev–Trinajstić information content (AvgIpc) is 3.49. The van der Waals surface area contributed by atoms with Gasteiger partial charge in [0.15, 0.2) is 12.6 Å². The molecule has 0 saturated carbocycles. The van der Waals surface area contributed by atoms with Gasteiger partial charge in [0.25, 0.3) is 5.92 Å². The third kappa shape index (κ3) is 7.80. The zero-order valence-electron chi connectivity index (χ0n) is 34.0. The molecule has 0 aliphatic carbocycles. The first-order valence-electron chi connectivity index (χ1n) is 20.1. The summed E-state index contributed by atoms with van der Waals surface area (Å²) in [5.41, 5.74) is 3.98. The molecular weight excluding hydrogens is 755 g/mol. The molecule has 5 heterocycles. The number of alkyl halides is 2. The number of hydrogen-bond acceptors (Lipinski definition) is 9. The van der Waals surface area contributed by atoms with Crippen molar-refractivity contribution in [2.45, 2.75) is 95.3 Å². The van der Waals surface area contributed by atoms with E-state index in [0.29, 0.717) is 90.0 Å². The van der Waals surface area contributed by atoms with Gasteiger partial charge in [-0.15, -0.1) is 5.54 Å². The minimum Gasteiger partial charge on any atom is -0.468 e. The Balaban J connectivity index is 1.42. The van der Waals surface area contributed by atoms with E-state index in [1.165, 1.54) is 19.4 Å². The summed E-state index contributed by atoms with van der Waals surface area (Å²) in [4.78, 5) is 17.8. The predicted octanol–water partition coefficient (Wildman–Crippen LogP) is 9.15. The molecule has 0 N–H and O–H groups in total. The first-order chi connectivity index (χ1) is 27.2. The maximum absolute atomic E-state index is 17.5. The summed E-state index contributed by atoms with van der Waals surface area (Å²) >= 11 is 0. The number of methoxy groups -OCH3 is 1. The monoisotopic (exact) mass is 807 g/mol. The van der Waals surface area contributed by atoms with Crippen LogP contribution in [0.3, 0.4) is 0 Å². The zero-order valence-corrected chi connectivity index (χ0v) is 35.0. The molecule has 3 saturated heterocycles. The fourth-order valence-corrected chi connectivity index (χ4v) is 14.9. The second-order valence-corrected chi connectivity index (χ2v) is 22.3. The molecule has 0 spiro atoms. The molecule has 0 bridgehead atoms. The number of benzene rings is 2. The standard InChI is InChI=1S/C43H53F4N5O4Si/c1-27(2)57(28(3)4,29(5)6)19-12-32-35(44)11-10-30-20-31(56-26-53-7)21-33(36(30)32)38-37(45)39-34(22-48-38)40(51-14-9-17-54-18-16-51)50-41(49-39)55-25-42-13-8-15-52(42)24-43(46,47)23-42/h10-11,20-22,27-29H,8-9,13-18,23-26H2,1-7H3. The maximum Gasteiger partial charge on any atom is 0.319 e. The average molecular weight is 808 g/mol. The van der Waals surface area contributed by atoms with E-state index in [-0.39, 0.29) is 54.7 Å². The number of halogens is 4. The van der Waals surface area contributed by atoms with Crippen LogP contribution in [0.1, 0.15) is 72.8 Å². The van der Waals surface area contributed by atoms with E-state index in [4.69, 9.17) is 28.9 Å². The van der Waals surface area contributed by atoms with Gasteiger partial charge in [-0.2, -0.15) is 9.97 Å². The molecule has 3 aliphatic heterocycles. The number of fused-ring (bicyclic) bond motifs is 3. The van der Waals surface area contributed by atoms with E-state index in [0.717, 1.165) is 6.42 Å². The van der Waals surface area contributed by atoms with Crippen LogP contribution in [0, 0.1) is 23.1 Å². The van der Waals surface area contributed by atoms with Crippen LogP contribution in [0.2, 0.25) is 16.6 Å². The largest absolute Gasteiger partial charge is 0.468 e. The molecule has 7 rings (SSSR count). The maximum atomic E-state index is 17.5. The molecule has 9 nitrogen and oxygen atoms in total. The first kappa shape index (κ1) is 41.1. The predicted molar refractivity (Wildman–Crippen MR) is 217 cm³/mol. The summed E-state index contributed by atoms with van der Waals surface area (Å²) in [5.74, 6) is -0.0434. The topological polar surface area (TPSA) is 82.1 Å². The lowest BCUT2D eigenvalue weighted by atomic mass is 9.94. The van der Waals surface area contributed by atoms with Gasteiger partial charge in [-0.25, -0.2) is 17.6 Å². The van der Waals surface area contributed by atoms with Gasteiger partial charge in [-0.1, -0.05) is 53.5 Å². The van der Waals surface area contributed by atoms with E-state index >= 15 is 8.78 Å². The van der Waals surface area contributed by atoms with E-state index in [2.05, 4.69) is 58.0 Å². The van der Waals surface area contributed by atoms with Crippen LogP contribution in [0.5, 0.6) is 11.8 Å². The highest BCUT2D eigenvalue weighted by molar-refractivity contribution is 6.90. The summed E-state index contributed by atoms with van der Waals surface area (Å²) in [6, 6.07) is 6.27. The molecule has 4 aromatic rings. The van der Waals surface area contributed by atoms with Crippen molar-refractivity contribution >= 4 is 35.6 Å². The Morgan fingerprint density at radius 1 is 0.947 bits per heavy atom. The second-order valence-electron chi connectivity index (χ2n) is 16.7. The third-order valence-corrected chi connectivity index (χ3v) is 18.6. The molecule has 1 atom stereocenters. The van der Waals surface area contributed by atoms with E-state index in [1.54, 1.807) is 23.1 Å². The smallest absolute Gasteiger partial charge is 0.319 e. The molecule has 0 amide bonds. The van der Waals surface area contributed by atoms with Crippen molar-refractivity contribution in [3.05, 3.63) is 47.7 Å². The highest BCUT2D eigenvalue weighted by atomic mass is 28.3. The minimum atomic E-state index is -2.83. The Labute approximate surface area is 333 Å². The van der Waals surface area contributed by atoms with Crippen LogP contribution in [0.4, 0.5) is 23.4 Å². The number of nitrogens with zero attached hydrogens (tertiary/aromatic N) is 5. The van der Waals surface area contributed by atoms with Gasteiger partial charge in [-0.3, -0.25) is 9.88 Å². The molecule has 3 fully saturated rings. The second kappa shape index (κ2) is 16.3. The van der Waals surface area contributed by atoms with E-state index in [1.807, 2.05) is 4.90 Å². The lowest BCUT2D eigenvalue weighted by Crippen LogP contribution is -2.43. The molecule has 2 aromatic carbocycles. The summed E-state index contributed by atoms with van der Waals surface area (Å²) in [7, 11) is -0.809. The van der Waals surface area contributed by atoms with Crippen molar-refractivity contribution in [3.8, 4) is 34.5 Å². The SMILES string of the molecule is COCOc1cc(-c2ncc3c(N4CCCOCC4)nc(OCC45CCCN4CC(F)(F)C5)nc3c2F)c2c(C#C[Si](C(C)C)(C(C)C)C(C)C)c(F)ccc2c1. The molecule has 0 radical (unpaired) electrons. The Kier molecular flexibility index (Phi) is 11.8. The number of anilines is 1. The number of aromatic nitrogens is 3. The molecule has 1 unspecified atom stereocenters. The van der Waals surface area contributed by atoms with Crippen molar-refractivity contribution in [2.24, 2.45) is 0 Å². The first-order valence-corrected chi connectivity index (χ1v) is 22.3. The van der Waals surface area contributed by atoms with Gasteiger partial charge in [0.05, 0.1) is 29.6 Å². The van der Waals surface area contributed by atoms with Gasteiger partial charge in [0.1, 0.15) is 43.3 Å². The minimum absolute atomic E-state index is 0.0605. The summed E-state index contributed by atoms with van der Waals surface area (Å²) in [5, 5.41) is 1.33. The number of hydrogen-bond donors (Lipinski definition) is 0. The quantitative estimate of drug-likeness (QED) is 0.0638.